The standard InChI is InChI=1S/C39H48F2N2O/c1-4-32-12-8-11-30(15-14-29-16-19-34(20-17-29)39(3,40)41)25-37(32)36-26-33(18-13-28(36)2)38(44)42-35-21-23-43(24-22-35)27-31-9-6-5-7-10-31/h5-7,9-10,13,16-20,26,30,35H,4,8,11-12,14-15,21-25,27H2,1-3H3,(H,42,44). The van der Waals surface area contributed by atoms with Crippen molar-refractivity contribution in [3.8, 4) is 0 Å². The number of rotatable bonds is 10. The summed E-state index contributed by atoms with van der Waals surface area (Å²) in [6, 6.07) is 23.8. The van der Waals surface area contributed by atoms with Gasteiger partial charge in [0.2, 0.25) is 0 Å². The lowest BCUT2D eigenvalue weighted by Gasteiger charge is -2.32. The van der Waals surface area contributed by atoms with Crippen molar-refractivity contribution < 1.29 is 13.6 Å². The summed E-state index contributed by atoms with van der Waals surface area (Å²) in [6.45, 7) is 8.29. The van der Waals surface area contributed by atoms with Gasteiger partial charge in [0, 0.05) is 43.7 Å². The lowest BCUT2D eigenvalue weighted by Crippen LogP contribution is -2.44. The minimum atomic E-state index is -2.81. The predicted octanol–water partition coefficient (Wildman–Crippen LogP) is 9.49. The SMILES string of the molecule is CCC1=C(c2cc(C(=O)NC3CCN(Cc4ccccc4)CC3)ccc2C)CC(CCc2ccc(C(C)(F)F)cc2)CCC1. The highest BCUT2D eigenvalue weighted by Crippen LogP contribution is 2.39. The molecule has 234 valence electrons. The van der Waals surface area contributed by atoms with Crippen LogP contribution >= 0.6 is 0 Å². The van der Waals surface area contributed by atoms with Gasteiger partial charge in [0.25, 0.3) is 11.8 Å². The van der Waals surface area contributed by atoms with Crippen molar-refractivity contribution in [2.24, 2.45) is 5.92 Å². The van der Waals surface area contributed by atoms with E-state index in [0.717, 1.165) is 82.6 Å². The summed E-state index contributed by atoms with van der Waals surface area (Å²) >= 11 is 0. The van der Waals surface area contributed by atoms with Crippen LogP contribution in [0.3, 0.4) is 0 Å². The lowest BCUT2D eigenvalue weighted by atomic mass is 9.85. The number of nitrogens with zero attached hydrogens (tertiary/aromatic N) is 1. The van der Waals surface area contributed by atoms with E-state index in [1.807, 2.05) is 18.2 Å². The monoisotopic (exact) mass is 598 g/mol. The largest absolute Gasteiger partial charge is 0.349 e. The molecular formula is C39H48F2N2O. The van der Waals surface area contributed by atoms with Crippen LogP contribution in [0.15, 0.2) is 78.4 Å². The zero-order valence-corrected chi connectivity index (χ0v) is 26.7. The summed E-state index contributed by atoms with van der Waals surface area (Å²) in [4.78, 5) is 15.9. The first-order chi connectivity index (χ1) is 21.2. The Morgan fingerprint density at radius 2 is 1.68 bits per heavy atom. The average Bonchev–Trinajstić information content (AvgIpc) is 3.23. The summed E-state index contributed by atoms with van der Waals surface area (Å²) in [5.74, 6) is -2.25. The Morgan fingerprint density at radius 3 is 2.36 bits per heavy atom. The van der Waals surface area contributed by atoms with Crippen molar-refractivity contribution >= 4 is 11.5 Å². The van der Waals surface area contributed by atoms with Crippen LogP contribution in [0.5, 0.6) is 0 Å². The second-order valence-corrected chi connectivity index (χ2v) is 13.1. The molecule has 1 heterocycles. The van der Waals surface area contributed by atoms with Crippen molar-refractivity contribution in [3.63, 3.8) is 0 Å². The van der Waals surface area contributed by atoms with E-state index in [1.165, 1.54) is 40.7 Å². The topological polar surface area (TPSA) is 32.3 Å². The molecule has 3 aromatic rings. The fourth-order valence-electron chi connectivity index (χ4n) is 7.00. The van der Waals surface area contributed by atoms with E-state index in [4.69, 9.17) is 0 Å². The number of benzene rings is 3. The number of halogens is 2. The Labute approximate surface area is 262 Å². The lowest BCUT2D eigenvalue weighted by molar-refractivity contribution is 0.0174. The van der Waals surface area contributed by atoms with E-state index in [0.29, 0.717) is 5.92 Å². The van der Waals surface area contributed by atoms with Crippen molar-refractivity contribution in [3.05, 3.63) is 112 Å². The third-order valence-corrected chi connectivity index (χ3v) is 9.74. The van der Waals surface area contributed by atoms with Crippen LogP contribution in [0.25, 0.3) is 5.57 Å². The third-order valence-electron chi connectivity index (χ3n) is 9.74. The number of hydrogen-bond donors (Lipinski definition) is 1. The normalized spacial score (nSPS) is 18.7. The van der Waals surface area contributed by atoms with Gasteiger partial charge < -0.3 is 5.32 Å². The van der Waals surface area contributed by atoms with Crippen LogP contribution < -0.4 is 5.32 Å². The van der Waals surface area contributed by atoms with Crippen LogP contribution in [0.1, 0.15) is 103 Å². The molecule has 1 fully saturated rings. The van der Waals surface area contributed by atoms with Crippen LogP contribution in [-0.4, -0.2) is 29.9 Å². The molecule has 1 saturated heterocycles. The van der Waals surface area contributed by atoms with Crippen molar-refractivity contribution in [1.29, 1.82) is 0 Å². The quantitative estimate of drug-likeness (QED) is 0.252. The van der Waals surface area contributed by atoms with Gasteiger partial charge in [0.15, 0.2) is 0 Å². The summed E-state index contributed by atoms with van der Waals surface area (Å²) < 4.78 is 27.3. The summed E-state index contributed by atoms with van der Waals surface area (Å²) in [6.07, 6.45) is 9.31. The van der Waals surface area contributed by atoms with Gasteiger partial charge >= 0.3 is 0 Å². The molecule has 1 amide bonds. The van der Waals surface area contributed by atoms with Crippen LogP contribution in [0.4, 0.5) is 8.78 Å². The van der Waals surface area contributed by atoms with E-state index in [-0.39, 0.29) is 17.5 Å². The maximum absolute atomic E-state index is 13.7. The molecule has 3 aromatic carbocycles. The van der Waals surface area contributed by atoms with Crippen molar-refractivity contribution in [2.75, 3.05) is 13.1 Å². The molecule has 44 heavy (non-hydrogen) atoms. The van der Waals surface area contributed by atoms with E-state index < -0.39 is 5.92 Å². The number of carbonyl (C=O) groups is 1. The Bertz CT molecular complexity index is 1420. The Kier molecular flexibility index (Phi) is 10.7. The molecule has 1 aliphatic carbocycles. The number of amides is 1. The third kappa shape index (κ3) is 8.44. The molecule has 3 nitrogen and oxygen atoms in total. The highest BCUT2D eigenvalue weighted by Gasteiger charge is 2.25. The van der Waals surface area contributed by atoms with Crippen LogP contribution in [0.2, 0.25) is 0 Å². The Morgan fingerprint density at radius 1 is 0.955 bits per heavy atom. The molecule has 1 atom stereocenters. The molecule has 0 saturated carbocycles. The van der Waals surface area contributed by atoms with Gasteiger partial charge in [0.1, 0.15) is 0 Å². The number of aryl methyl sites for hydroxylation is 2. The second-order valence-electron chi connectivity index (χ2n) is 13.1. The zero-order valence-electron chi connectivity index (χ0n) is 26.7. The smallest absolute Gasteiger partial charge is 0.270 e. The van der Waals surface area contributed by atoms with Gasteiger partial charge in [-0.2, -0.15) is 0 Å². The molecular weight excluding hydrogens is 550 g/mol. The maximum Gasteiger partial charge on any atom is 0.270 e. The van der Waals surface area contributed by atoms with Crippen molar-refractivity contribution in [2.45, 2.75) is 97.1 Å². The molecule has 0 bridgehead atoms. The fourth-order valence-corrected chi connectivity index (χ4v) is 7.00. The van der Waals surface area contributed by atoms with Gasteiger partial charge in [-0.15, -0.1) is 0 Å². The summed E-state index contributed by atoms with van der Waals surface area (Å²) in [7, 11) is 0. The summed E-state index contributed by atoms with van der Waals surface area (Å²) in [5.41, 5.74) is 8.62. The number of allylic oxidation sites excluding steroid dienone is 2. The molecule has 1 N–H and O–H groups in total. The van der Waals surface area contributed by atoms with E-state index in [9.17, 15) is 13.6 Å². The van der Waals surface area contributed by atoms with Gasteiger partial charge in [-0.1, -0.05) is 73.2 Å². The van der Waals surface area contributed by atoms with Gasteiger partial charge in [0.05, 0.1) is 0 Å². The number of hydrogen-bond acceptors (Lipinski definition) is 2. The van der Waals surface area contributed by atoms with Gasteiger partial charge in [-0.05, 0) is 111 Å². The van der Waals surface area contributed by atoms with Crippen molar-refractivity contribution in [1.82, 2.24) is 10.2 Å². The minimum absolute atomic E-state index is 0.0256. The first kappa shape index (κ1) is 32.1. The molecule has 1 unspecified atom stereocenters. The Balaban J connectivity index is 1.22. The van der Waals surface area contributed by atoms with E-state index >= 15 is 0 Å². The minimum Gasteiger partial charge on any atom is -0.349 e. The van der Waals surface area contributed by atoms with E-state index in [1.54, 1.807) is 12.1 Å². The molecule has 0 spiro atoms. The molecule has 0 aromatic heterocycles. The van der Waals surface area contributed by atoms with E-state index in [2.05, 4.69) is 66.5 Å². The highest BCUT2D eigenvalue weighted by atomic mass is 19.3. The maximum atomic E-state index is 13.7. The summed E-state index contributed by atoms with van der Waals surface area (Å²) in [5, 5.41) is 3.34. The molecule has 0 radical (unpaired) electrons. The second kappa shape index (κ2) is 14.6. The zero-order chi connectivity index (χ0) is 31.1. The average molecular weight is 599 g/mol. The first-order valence-electron chi connectivity index (χ1n) is 16.6. The molecule has 1 aliphatic heterocycles. The number of piperidine rings is 1. The van der Waals surface area contributed by atoms with Crippen LogP contribution in [-0.2, 0) is 18.9 Å². The molecule has 5 rings (SSSR count). The Hall–Kier alpha value is -3.31. The number of nitrogens with one attached hydrogen (secondary N) is 1. The number of carbonyl (C=O) groups excluding carboxylic acids is 1. The fraction of sp³-hybridized carbons (Fsp3) is 0.462. The molecule has 5 heteroatoms. The molecule has 2 aliphatic rings. The predicted molar refractivity (Wildman–Crippen MR) is 177 cm³/mol. The number of alkyl halides is 2. The van der Waals surface area contributed by atoms with Gasteiger partial charge in [-0.3, -0.25) is 9.69 Å². The highest BCUT2D eigenvalue weighted by molar-refractivity contribution is 5.95. The first-order valence-corrected chi connectivity index (χ1v) is 16.6. The van der Waals surface area contributed by atoms with Crippen LogP contribution in [0, 0.1) is 12.8 Å². The number of likely N-dealkylation sites (tertiary alicyclic amines) is 1. The van der Waals surface area contributed by atoms with Gasteiger partial charge in [-0.25, -0.2) is 8.78 Å².